The van der Waals surface area contributed by atoms with Crippen LogP contribution in [0.25, 0.3) is 0 Å². The molecule has 0 radical (unpaired) electrons. The van der Waals surface area contributed by atoms with Crippen molar-refractivity contribution >= 4 is 5.91 Å². The number of rotatable bonds is 36. The largest absolute Gasteiger partial charge is 0.394 e. The standard InChI is InChI=1S/C39H79NO3/c1-3-5-7-9-11-13-15-17-19-21-22-24-26-28-30-32-34-38(42)37(36-41)40-39(43)35-33-31-29-27-25-23-20-18-16-14-12-10-8-6-4-2/h37-38,41-42H,3-36H2,1-2H3,(H,40,43)/t37-,38+/m0/s1. The molecule has 0 aliphatic heterocycles. The van der Waals surface area contributed by atoms with Crippen LogP contribution in [0.2, 0.25) is 0 Å². The van der Waals surface area contributed by atoms with Crippen LogP contribution < -0.4 is 5.32 Å². The Morgan fingerprint density at radius 1 is 0.465 bits per heavy atom. The first kappa shape index (κ1) is 42.4. The van der Waals surface area contributed by atoms with Gasteiger partial charge in [-0.05, 0) is 12.8 Å². The average molecular weight is 610 g/mol. The van der Waals surface area contributed by atoms with Gasteiger partial charge in [-0.1, -0.05) is 206 Å². The van der Waals surface area contributed by atoms with Crippen LogP contribution in [0.5, 0.6) is 0 Å². The first-order valence-corrected chi connectivity index (χ1v) is 19.7. The maximum atomic E-state index is 12.3. The van der Waals surface area contributed by atoms with E-state index in [0.29, 0.717) is 12.8 Å². The van der Waals surface area contributed by atoms with Gasteiger partial charge in [-0.25, -0.2) is 0 Å². The highest BCUT2D eigenvalue weighted by Crippen LogP contribution is 2.16. The molecule has 0 aliphatic carbocycles. The minimum Gasteiger partial charge on any atom is -0.394 e. The van der Waals surface area contributed by atoms with Crippen LogP contribution in [0.15, 0.2) is 0 Å². The van der Waals surface area contributed by atoms with Crippen LogP contribution in [-0.2, 0) is 4.79 Å². The highest BCUT2D eigenvalue weighted by atomic mass is 16.3. The summed E-state index contributed by atoms with van der Waals surface area (Å²) in [5, 5.41) is 23.1. The molecule has 0 unspecified atom stereocenters. The van der Waals surface area contributed by atoms with Crippen LogP contribution in [0.1, 0.15) is 226 Å². The van der Waals surface area contributed by atoms with Crippen LogP contribution >= 0.6 is 0 Å². The lowest BCUT2D eigenvalue weighted by molar-refractivity contribution is -0.123. The molecule has 0 aromatic carbocycles. The maximum Gasteiger partial charge on any atom is 0.220 e. The number of nitrogens with one attached hydrogen (secondary N) is 1. The van der Waals surface area contributed by atoms with E-state index in [1.54, 1.807) is 0 Å². The Hall–Kier alpha value is -0.610. The second-order valence-electron chi connectivity index (χ2n) is 13.7. The number of unbranched alkanes of at least 4 members (excludes halogenated alkanes) is 29. The summed E-state index contributed by atoms with van der Waals surface area (Å²) in [5.74, 6) is -0.0280. The summed E-state index contributed by atoms with van der Waals surface area (Å²) in [5.41, 5.74) is 0. The van der Waals surface area contributed by atoms with E-state index >= 15 is 0 Å². The first-order valence-electron chi connectivity index (χ1n) is 19.7. The minimum atomic E-state index is -0.651. The monoisotopic (exact) mass is 610 g/mol. The van der Waals surface area contributed by atoms with Crippen molar-refractivity contribution in [2.45, 2.75) is 238 Å². The minimum absolute atomic E-state index is 0.0280. The Morgan fingerprint density at radius 2 is 0.744 bits per heavy atom. The molecule has 258 valence electrons. The van der Waals surface area contributed by atoms with Crippen molar-refractivity contribution in [2.24, 2.45) is 0 Å². The highest BCUT2D eigenvalue weighted by molar-refractivity contribution is 5.76. The zero-order chi connectivity index (χ0) is 31.5. The molecule has 0 bridgehead atoms. The third-order valence-electron chi connectivity index (χ3n) is 9.37. The van der Waals surface area contributed by atoms with E-state index in [0.717, 1.165) is 25.7 Å². The first-order chi connectivity index (χ1) is 21.2. The van der Waals surface area contributed by atoms with Crippen molar-refractivity contribution in [1.29, 1.82) is 0 Å². The molecule has 3 N–H and O–H groups in total. The van der Waals surface area contributed by atoms with Gasteiger partial charge >= 0.3 is 0 Å². The van der Waals surface area contributed by atoms with Crippen molar-refractivity contribution in [3.63, 3.8) is 0 Å². The predicted molar refractivity (Wildman–Crippen MR) is 189 cm³/mol. The summed E-state index contributed by atoms with van der Waals surface area (Å²) < 4.78 is 0. The number of aliphatic hydroxyl groups is 2. The molecule has 0 aromatic rings. The van der Waals surface area contributed by atoms with Gasteiger partial charge in [-0.15, -0.1) is 0 Å². The number of hydrogen-bond donors (Lipinski definition) is 3. The molecular weight excluding hydrogens is 530 g/mol. The Kier molecular flexibility index (Phi) is 35.4. The number of carbonyl (C=O) groups is 1. The number of hydrogen-bond acceptors (Lipinski definition) is 3. The van der Waals surface area contributed by atoms with E-state index < -0.39 is 12.1 Å². The summed E-state index contributed by atoms with van der Waals surface area (Å²) in [6, 6.07) is -0.528. The fourth-order valence-corrected chi connectivity index (χ4v) is 6.30. The highest BCUT2D eigenvalue weighted by Gasteiger charge is 2.19. The molecule has 0 spiro atoms. The molecule has 0 fully saturated rings. The Labute approximate surface area is 270 Å². The summed E-state index contributed by atoms with van der Waals surface area (Å²) in [7, 11) is 0. The molecule has 2 atom stereocenters. The van der Waals surface area contributed by atoms with Crippen molar-refractivity contribution in [3.05, 3.63) is 0 Å². The van der Waals surface area contributed by atoms with Gasteiger partial charge in [0, 0.05) is 6.42 Å². The Balaban J connectivity index is 3.50. The molecule has 0 rings (SSSR count). The average Bonchev–Trinajstić information content (AvgIpc) is 3.01. The predicted octanol–water partition coefficient (Wildman–Crippen LogP) is 11.7. The fraction of sp³-hybridized carbons (Fsp3) is 0.974. The maximum absolute atomic E-state index is 12.3. The molecule has 0 aliphatic rings. The van der Waals surface area contributed by atoms with Gasteiger partial charge in [-0.2, -0.15) is 0 Å². The van der Waals surface area contributed by atoms with E-state index in [9.17, 15) is 15.0 Å². The second-order valence-corrected chi connectivity index (χ2v) is 13.7. The summed E-state index contributed by atoms with van der Waals surface area (Å²) in [6.07, 6.45) is 41.6. The lowest BCUT2D eigenvalue weighted by Gasteiger charge is -2.22. The summed E-state index contributed by atoms with van der Waals surface area (Å²) in [4.78, 5) is 12.3. The van der Waals surface area contributed by atoms with E-state index in [2.05, 4.69) is 19.2 Å². The lowest BCUT2D eigenvalue weighted by atomic mass is 10.0. The molecule has 0 heterocycles. The second kappa shape index (κ2) is 35.9. The molecule has 0 saturated carbocycles. The van der Waals surface area contributed by atoms with E-state index in [-0.39, 0.29) is 12.5 Å². The van der Waals surface area contributed by atoms with E-state index in [1.165, 1.54) is 173 Å². The number of aliphatic hydroxyl groups excluding tert-OH is 2. The molecule has 0 saturated heterocycles. The van der Waals surface area contributed by atoms with Crippen LogP contribution in [0, 0.1) is 0 Å². The van der Waals surface area contributed by atoms with E-state index in [1.807, 2.05) is 0 Å². The van der Waals surface area contributed by atoms with Gasteiger partial charge < -0.3 is 15.5 Å². The van der Waals surface area contributed by atoms with Gasteiger partial charge in [0.25, 0.3) is 0 Å². The van der Waals surface area contributed by atoms with Crippen molar-refractivity contribution < 1.29 is 15.0 Å². The SMILES string of the molecule is CCCCCCCCCCCCCCCCCC[C@@H](O)[C@H](CO)NC(=O)CCCCCCCCCCCCCCCCC. The van der Waals surface area contributed by atoms with E-state index in [4.69, 9.17) is 0 Å². The third-order valence-corrected chi connectivity index (χ3v) is 9.37. The van der Waals surface area contributed by atoms with Crippen LogP contribution in [0.3, 0.4) is 0 Å². The Morgan fingerprint density at radius 3 is 1.05 bits per heavy atom. The smallest absolute Gasteiger partial charge is 0.220 e. The number of amides is 1. The van der Waals surface area contributed by atoms with Gasteiger partial charge in [0.2, 0.25) is 5.91 Å². The van der Waals surface area contributed by atoms with Crippen molar-refractivity contribution in [3.8, 4) is 0 Å². The topological polar surface area (TPSA) is 69.6 Å². The molecular formula is C39H79NO3. The van der Waals surface area contributed by atoms with Crippen LogP contribution in [0.4, 0.5) is 0 Å². The zero-order valence-corrected chi connectivity index (χ0v) is 29.5. The summed E-state index contributed by atoms with van der Waals surface area (Å²) >= 11 is 0. The third kappa shape index (κ3) is 32.6. The summed E-state index contributed by atoms with van der Waals surface area (Å²) in [6.45, 7) is 4.37. The van der Waals surface area contributed by atoms with Crippen LogP contribution in [-0.4, -0.2) is 34.9 Å². The van der Waals surface area contributed by atoms with Gasteiger partial charge in [0.15, 0.2) is 0 Å². The van der Waals surface area contributed by atoms with Gasteiger partial charge in [0.1, 0.15) is 0 Å². The lowest BCUT2D eigenvalue weighted by Crippen LogP contribution is -2.45. The zero-order valence-electron chi connectivity index (χ0n) is 29.5. The fourth-order valence-electron chi connectivity index (χ4n) is 6.30. The van der Waals surface area contributed by atoms with Gasteiger partial charge in [0.05, 0.1) is 18.8 Å². The molecule has 0 aromatic heterocycles. The molecule has 4 nitrogen and oxygen atoms in total. The van der Waals surface area contributed by atoms with Gasteiger partial charge in [-0.3, -0.25) is 4.79 Å². The quantitative estimate of drug-likeness (QED) is 0.0619. The van der Waals surface area contributed by atoms with Crippen molar-refractivity contribution in [2.75, 3.05) is 6.61 Å². The molecule has 4 heteroatoms. The Bertz CT molecular complexity index is 541. The van der Waals surface area contributed by atoms with Crippen molar-refractivity contribution in [1.82, 2.24) is 5.32 Å². The molecule has 1 amide bonds. The normalized spacial score (nSPS) is 12.9. The molecule has 43 heavy (non-hydrogen) atoms. The number of carbonyl (C=O) groups excluding carboxylic acids is 1.